The molecule has 1 fully saturated rings. The van der Waals surface area contributed by atoms with Crippen molar-refractivity contribution in [3.05, 3.63) is 36.8 Å². The number of amides is 1. The summed E-state index contributed by atoms with van der Waals surface area (Å²) in [6.45, 7) is 0. The van der Waals surface area contributed by atoms with Crippen LogP contribution in [0.5, 0.6) is 5.75 Å². The van der Waals surface area contributed by atoms with Crippen molar-refractivity contribution in [3.63, 3.8) is 0 Å². The van der Waals surface area contributed by atoms with Gasteiger partial charge in [-0.1, -0.05) is 25.0 Å². The molecule has 0 saturated heterocycles. The molecule has 1 amide bonds. The first-order valence-electron chi connectivity index (χ1n) is 7.64. The molecule has 5 nitrogen and oxygen atoms in total. The molecule has 0 bridgehead atoms. The molecule has 5 heteroatoms. The summed E-state index contributed by atoms with van der Waals surface area (Å²) in [5.41, 5.74) is 1.71. The number of hydrogen-bond acceptors (Lipinski definition) is 3. The van der Waals surface area contributed by atoms with E-state index in [2.05, 4.69) is 4.98 Å². The molecule has 1 heterocycles. The maximum Gasteiger partial charge on any atom is 0.329 e. The Labute approximate surface area is 130 Å². The summed E-state index contributed by atoms with van der Waals surface area (Å²) in [5, 5.41) is 0. The third-order valence-electron chi connectivity index (χ3n) is 4.34. The van der Waals surface area contributed by atoms with Gasteiger partial charge in [0.05, 0.1) is 12.8 Å². The minimum Gasteiger partial charge on any atom is -0.497 e. The molecule has 1 saturated carbocycles. The van der Waals surface area contributed by atoms with Crippen molar-refractivity contribution in [2.45, 2.75) is 31.7 Å². The third-order valence-corrected chi connectivity index (χ3v) is 4.34. The molecule has 0 radical (unpaired) electrons. The molecule has 0 atom stereocenters. The van der Waals surface area contributed by atoms with Crippen LogP contribution in [0.2, 0.25) is 0 Å². The van der Waals surface area contributed by atoms with Crippen LogP contribution >= 0.6 is 0 Å². The van der Waals surface area contributed by atoms with Crippen LogP contribution < -0.4 is 4.74 Å². The number of benzene rings is 1. The number of carbonyl (C=O) groups is 1. The summed E-state index contributed by atoms with van der Waals surface area (Å²) >= 11 is 0. The topological polar surface area (TPSA) is 47.4 Å². The average Bonchev–Trinajstić information content (AvgIpc) is 3.25. The Morgan fingerprint density at radius 2 is 2.14 bits per heavy atom. The van der Waals surface area contributed by atoms with E-state index in [1.54, 1.807) is 24.2 Å². The van der Waals surface area contributed by atoms with Gasteiger partial charge in [0.2, 0.25) is 0 Å². The molecule has 22 heavy (non-hydrogen) atoms. The van der Waals surface area contributed by atoms with Crippen molar-refractivity contribution in [1.29, 1.82) is 0 Å². The van der Waals surface area contributed by atoms with E-state index < -0.39 is 0 Å². The second-order valence-electron chi connectivity index (χ2n) is 5.73. The smallest absolute Gasteiger partial charge is 0.329 e. The lowest BCUT2D eigenvalue weighted by molar-refractivity contribution is 0.192. The van der Waals surface area contributed by atoms with Crippen LogP contribution in [0.15, 0.2) is 36.8 Å². The van der Waals surface area contributed by atoms with Gasteiger partial charge >= 0.3 is 6.03 Å². The van der Waals surface area contributed by atoms with E-state index in [0.29, 0.717) is 6.04 Å². The summed E-state index contributed by atoms with van der Waals surface area (Å²) in [6.07, 6.45) is 7.98. The Morgan fingerprint density at radius 1 is 1.36 bits per heavy atom. The van der Waals surface area contributed by atoms with Gasteiger partial charge in [-0.3, -0.25) is 4.57 Å². The quantitative estimate of drug-likeness (QED) is 0.872. The fourth-order valence-electron chi connectivity index (χ4n) is 2.99. The van der Waals surface area contributed by atoms with Crippen LogP contribution in [0, 0.1) is 0 Å². The Kier molecular flexibility index (Phi) is 4.13. The number of aromatic nitrogens is 2. The normalized spacial score (nSPS) is 15.0. The van der Waals surface area contributed by atoms with E-state index >= 15 is 0 Å². The highest BCUT2D eigenvalue weighted by Crippen LogP contribution is 2.24. The van der Waals surface area contributed by atoms with Crippen LogP contribution in [0.25, 0.3) is 11.3 Å². The van der Waals surface area contributed by atoms with Crippen LogP contribution in [0.3, 0.4) is 0 Å². The first-order chi connectivity index (χ1) is 10.7. The molecule has 0 spiro atoms. The Balaban J connectivity index is 1.79. The number of methoxy groups -OCH3 is 1. The maximum absolute atomic E-state index is 12.5. The van der Waals surface area contributed by atoms with Crippen molar-refractivity contribution in [2.75, 3.05) is 14.2 Å². The number of imidazole rings is 1. The zero-order valence-corrected chi connectivity index (χ0v) is 13.0. The van der Waals surface area contributed by atoms with Crippen LogP contribution in [0.1, 0.15) is 25.7 Å². The summed E-state index contributed by atoms with van der Waals surface area (Å²) < 4.78 is 6.79. The van der Waals surface area contributed by atoms with Gasteiger partial charge in [0.1, 0.15) is 12.1 Å². The zero-order chi connectivity index (χ0) is 15.5. The molecule has 0 aliphatic heterocycles. The number of rotatable bonds is 3. The lowest BCUT2D eigenvalue weighted by Crippen LogP contribution is -2.37. The van der Waals surface area contributed by atoms with Gasteiger partial charge in [0.25, 0.3) is 0 Å². The van der Waals surface area contributed by atoms with Crippen molar-refractivity contribution < 1.29 is 9.53 Å². The highest BCUT2D eigenvalue weighted by molar-refractivity contribution is 5.78. The highest BCUT2D eigenvalue weighted by atomic mass is 16.5. The SMILES string of the molecule is COc1cccc(-c2cn(C(=O)N(C)C3CCCC3)cn2)c1. The number of carbonyl (C=O) groups excluding carboxylic acids is 1. The Bertz CT molecular complexity index is 659. The molecular weight excluding hydrogens is 278 g/mol. The van der Waals surface area contributed by atoms with Gasteiger partial charge in [0, 0.05) is 24.8 Å². The maximum atomic E-state index is 12.5. The van der Waals surface area contributed by atoms with Gasteiger partial charge in [-0.05, 0) is 25.0 Å². The summed E-state index contributed by atoms with van der Waals surface area (Å²) in [5.74, 6) is 0.779. The molecule has 0 N–H and O–H groups in total. The minimum atomic E-state index is -0.0199. The third kappa shape index (κ3) is 2.84. The van der Waals surface area contributed by atoms with Crippen molar-refractivity contribution >= 4 is 6.03 Å². The average molecular weight is 299 g/mol. The van der Waals surface area contributed by atoms with Crippen molar-refractivity contribution in [1.82, 2.24) is 14.5 Å². The fourth-order valence-corrected chi connectivity index (χ4v) is 2.99. The first-order valence-corrected chi connectivity index (χ1v) is 7.64. The summed E-state index contributed by atoms with van der Waals surface area (Å²) in [4.78, 5) is 18.7. The Morgan fingerprint density at radius 3 is 2.86 bits per heavy atom. The van der Waals surface area contributed by atoms with E-state index in [1.807, 2.05) is 36.2 Å². The predicted molar refractivity (Wildman–Crippen MR) is 85.0 cm³/mol. The molecule has 1 aromatic carbocycles. The molecule has 2 aromatic rings. The predicted octanol–water partition coefficient (Wildman–Crippen LogP) is 3.40. The molecular formula is C17H21N3O2. The zero-order valence-electron chi connectivity index (χ0n) is 13.0. The van der Waals surface area contributed by atoms with E-state index in [9.17, 15) is 4.79 Å². The number of ether oxygens (including phenoxy) is 1. The minimum absolute atomic E-state index is 0.0199. The fraction of sp³-hybridized carbons (Fsp3) is 0.412. The van der Waals surface area contributed by atoms with Crippen LogP contribution in [0.4, 0.5) is 4.79 Å². The molecule has 116 valence electrons. The van der Waals surface area contributed by atoms with Gasteiger partial charge < -0.3 is 9.64 Å². The number of nitrogens with zero attached hydrogens (tertiary/aromatic N) is 3. The van der Waals surface area contributed by atoms with E-state index in [0.717, 1.165) is 29.8 Å². The van der Waals surface area contributed by atoms with Crippen LogP contribution in [-0.4, -0.2) is 40.7 Å². The Hall–Kier alpha value is -2.30. The summed E-state index contributed by atoms with van der Waals surface area (Å²) in [7, 11) is 3.52. The molecule has 3 rings (SSSR count). The molecule has 1 aliphatic rings. The first kappa shape index (κ1) is 14.6. The second-order valence-corrected chi connectivity index (χ2v) is 5.73. The standard InChI is InChI=1S/C17H21N3O2/c1-19(14-7-3-4-8-14)17(21)20-11-16(18-12-20)13-6-5-9-15(10-13)22-2/h5-6,9-12,14H,3-4,7-8H2,1-2H3. The van der Waals surface area contributed by atoms with E-state index in [4.69, 9.17) is 4.74 Å². The summed E-state index contributed by atoms with van der Waals surface area (Å²) in [6, 6.07) is 8.01. The molecule has 1 aliphatic carbocycles. The van der Waals surface area contributed by atoms with Gasteiger partial charge in [-0.15, -0.1) is 0 Å². The lowest BCUT2D eigenvalue weighted by atomic mass is 10.1. The van der Waals surface area contributed by atoms with Crippen LogP contribution in [-0.2, 0) is 0 Å². The molecule has 1 aromatic heterocycles. The van der Waals surface area contributed by atoms with E-state index in [-0.39, 0.29) is 6.03 Å². The molecule has 0 unspecified atom stereocenters. The van der Waals surface area contributed by atoms with Gasteiger partial charge in [0.15, 0.2) is 0 Å². The van der Waals surface area contributed by atoms with Crippen molar-refractivity contribution in [2.24, 2.45) is 0 Å². The van der Waals surface area contributed by atoms with E-state index in [1.165, 1.54) is 12.8 Å². The number of hydrogen-bond donors (Lipinski definition) is 0. The highest BCUT2D eigenvalue weighted by Gasteiger charge is 2.24. The van der Waals surface area contributed by atoms with Gasteiger partial charge in [-0.25, -0.2) is 9.78 Å². The van der Waals surface area contributed by atoms with Gasteiger partial charge in [-0.2, -0.15) is 0 Å². The van der Waals surface area contributed by atoms with Crippen molar-refractivity contribution in [3.8, 4) is 17.0 Å². The monoisotopic (exact) mass is 299 g/mol. The second kappa shape index (κ2) is 6.22. The lowest BCUT2D eigenvalue weighted by Gasteiger charge is -2.23. The largest absolute Gasteiger partial charge is 0.497 e.